The van der Waals surface area contributed by atoms with Crippen molar-refractivity contribution in [1.82, 2.24) is 15.1 Å². The summed E-state index contributed by atoms with van der Waals surface area (Å²) >= 11 is 0. The lowest BCUT2D eigenvalue weighted by Gasteiger charge is -2.38. The van der Waals surface area contributed by atoms with Crippen LogP contribution in [0.3, 0.4) is 0 Å². The highest BCUT2D eigenvalue weighted by Crippen LogP contribution is 2.39. The number of hydrogen-bond donors (Lipinski definition) is 2. The fourth-order valence-electron chi connectivity index (χ4n) is 4.85. The molecule has 1 atom stereocenters. The van der Waals surface area contributed by atoms with Crippen LogP contribution < -0.4 is 5.32 Å². The second-order valence-corrected chi connectivity index (χ2v) is 8.90. The van der Waals surface area contributed by atoms with Gasteiger partial charge in [-0.25, -0.2) is 0 Å². The molecule has 0 saturated heterocycles. The number of fused-ring (bicyclic) bond motifs is 1. The van der Waals surface area contributed by atoms with Crippen molar-refractivity contribution in [3.63, 3.8) is 0 Å². The summed E-state index contributed by atoms with van der Waals surface area (Å²) in [5, 5.41) is 19.7. The molecule has 0 bridgehead atoms. The van der Waals surface area contributed by atoms with E-state index in [1.807, 2.05) is 11.7 Å². The first kappa shape index (κ1) is 18.7. The predicted molar refractivity (Wildman–Crippen MR) is 109 cm³/mol. The van der Waals surface area contributed by atoms with Crippen molar-refractivity contribution in [1.29, 1.82) is 0 Å². The van der Waals surface area contributed by atoms with Gasteiger partial charge in [-0.2, -0.15) is 5.10 Å². The van der Waals surface area contributed by atoms with Gasteiger partial charge >= 0.3 is 0 Å². The minimum absolute atomic E-state index is 0.420. The smallest absolute Gasteiger partial charge is 0.0897 e. The first-order chi connectivity index (χ1) is 12.9. The lowest BCUT2D eigenvalue weighted by atomic mass is 9.77. The highest BCUT2D eigenvalue weighted by Gasteiger charge is 2.36. The average Bonchev–Trinajstić information content (AvgIpc) is 3.05. The van der Waals surface area contributed by atoms with Crippen molar-refractivity contribution < 1.29 is 5.11 Å². The normalized spacial score (nSPS) is 28.3. The van der Waals surface area contributed by atoms with E-state index in [2.05, 4.69) is 54.7 Å². The Morgan fingerprint density at radius 1 is 1.15 bits per heavy atom. The first-order valence-corrected chi connectivity index (χ1v) is 10.6. The van der Waals surface area contributed by atoms with E-state index in [1.54, 1.807) is 0 Å². The van der Waals surface area contributed by atoms with Gasteiger partial charge in [-0.1, -0.05) is 38.1 Å². The van der Waals surface area contributed by atoms with Gasteiger partial charge in [0.1, 0.15) is 0 Å². The van der Waals surface area contributed by atoms with Gasteiger partial charge in [0.15, 0.2) is 0 Å². The van der Waals surface area contributed by atoms with Crippen LogP contribution in [0.1, 0.15) is 86.7 Å². The zero-order valence-electron chi connectivity index (χ0n) is 16.9. The molecule has 4 nitrogen and oxygen atoms in total. The van der Waals surface area contributed by atoms with E-state index >= 15 is 0 Å². The van der Waals surface area contributed by atoms with Crippen LogP contribution in [-0.2, 0) is 19.1 Å². The maximum absolute atomic E-state index is 11.2. The second kappa shape index (κ2) is 7.40. The molecule has 0 spiro atoms. The molecule has 27 heavy (non-hydrogen) atoms. The Morgan fingerprint density at radius 2 is 1.85 bits per heavy atom. The van der Waals surface area contributed by atoms with Gasteiger partial charge in [-0.05, 0) is 62.0 Å². The van der Waals surface area contributed by atoms with E-state index in [-0.39, 0.29) is 0 Å². The Hall–Kier alpha value is -1.65. The van der Waals surface area contributed by atoms with Crippen molar-refractivity contribution in [3.05, 3.63) is 52.8 Å². The van der Waals surface area contributed by atoms with E-state index in [0.717, 1.165) is 37.7 Å². The molecule has 0 amide bonds. The Morgan fingerprint density at radius 3 is 2.52 bits per heavy atom. The molecule has 2 aromatic rings. The van der Waals surface area contributed by atoms with E-state index in [4.69, 9.17) is 0 Å². The van der Waals surface area contributed by atoms with Crippen LogP contribution in [0.25, 0.3) is 0 Å². The fourth-order valence-corrected chi connectivity index (χ4v) is 4.85. The molecule has 146 valence electrons. The molecule has 0 radical (unpaired) electrons. The Labute approximate surface area is 163 Å². The molecule has 1 fully saturated rings. The fraction of sp³-hybridized carbons (Fsp3) is 0.609. The molecular formula is C23H33N3O. The average molecular weight is 368 g/mol. The molecule has 2 aliphatic carbocycles. The SMILES string of the molecule is CC(C)c1ccc(C2(O)CCC(NC3CCCc4nn(C)cc43)CC2)cc1. The van der Waals surface area contributed by atoms with Gasteiger partial charge < -0.3 is 10.4 Å². The van der Waals surface area contributed by atoms with Gasteiger partial charge in [0.25, 0.3) is 0 Å². The van der Waals surface area contributed by atoms with Gasteiger partial charge in [0.2, 0.25) is 0 Å². The van der Waals surface area contributed by atoms with Crippen molar-refractivity contribution in [2.45, 2.75) is 82.4 Å². The molecule has 1 heterocycles. The largest absolute Gasteiger partial charge is 0.385 e. The Bertz CT molecular complexity index is 769. The number of aromatic nitrogens is 2. The van der Waals surface area contributed by atoms with E-state index in [9.17, 15) is 5.11 Å². The number of aryl methyl sites for hydroxylation is 2. The summed E-state index contributed by atoms with van der Waals surface area (Å²) in [5.41, 5.74) is 4.40. The summed E-state index contributed by atoms with van der Waals surface area (Å²) in [4.78, 5) is 0. The highest BCUT2D eigenvalue weighted by atomic mass is 16.3. The van der Waals surface area contributed by atoms with Gasteiger partial charge in [0, 0.05) is 30.9 Å². The molecule has 2 N–H and O–H groups in total. The van der Waals surface area contributed by atoms with E-state index < -0.39 is 5.60 Å². The molecule has 1 aromatic heterocycles. The molecule has 0 aliphatic heterocycles. The molecule has 1 aromatic carbocycles. The Balaban J connectivity index is 1.39. The molecule has 4 heteroatoms. The van der Waals surface area contributed by atoms with Crippen molar-refractivity contribution in [2.75, 3.05) is 0 Å². The van der Waals surface area contributed by atoms with Crippen LogP contribution in [0.5, 0.6) is 0 Å². The number of nitrogens with one attached hydrogen (secondary N) is 1. The quantitative estimate of drug-likeness (QED) is 0.845. The maximum atomic E-state index is 11.2. The first-order valence-electron chi connectivity index (χ1n) is 10.6. The van der Waals surface area contributed by atoms with Gasteiger partial charge in [-0.3, -0.25) is 4.68 Å². The molecular weight excluding hydrogens is 334 g/mol. The summed E-state index contributed by atoms with van der Waals surface area (Å²) in [7, 11) is 2.01. The summed E-state index contributed by atoms with van der Waals surface area (Å²) < 4.78 is 1.95. The minimum atomic E-state index is -0.667. The third kappa shape index (κ3) is 3.83. The number of rotatable bonds is 4. The lowest BCUT2D eigenvalue weighted by molar-refractivity contribution is -0.00962. The predicted octanol–water partition coefficient (Wildman–Crippen LogP) is 4.34. The van der Waals surface area contributed by atoms with Crippen LogP contribution in [0.4, 0.5) is 0 Å². The molecule has 1 unspecified atom stereocenters. The van der Waals surface area contributed by atoms with Crippen molar-refractivity contribution >= 4 is 0 Å². The third-order valence-electron chi connectivity index (χ3n) is 6.58. The number of nitrogens with zero attached hydrogens (tertiary/aromatic N) is 2. The summed E-state index contributed by atoms with van der Waals surface area (Å²) in [5.74, 6) is 0.529. The van der Waals surface area contributed by atoms with Crippen LogP contribution in [0, 0.1) is 0 Å². The van der Waals surface area contributed by atoms with Crippen LogP contribution >= 0.6 is 0 Å². The summed E-state index contributed by atoms with van der Waals surface area (Å²) in [6.07, 6.45) is 9.39. The molecule has 1 saturated carbocycles. The van der Waals surface area contributed by atoms with E-state index in [1.165, 1.54) is 29.7 Å². The second-order valence-electron chi connectivity index (χ2n) is 8.90. The zero-order valence-corrected chi connectivity index (χ0v) is 16.9. The number of aliphatic hydroxyl groups is 1. The molecule has 4 rings (SSSR count). The zero-order chi connectivity index (χ0) is 19.0. The number of benzene rings is 1. The standard InChI is InChI=1S/C23H33N3O/c1-16(2)17-7-9-18(10-8-17)23(27)13-11-19(12-14-23)24-21-5-4-6-22-20(21)15-26(3)25-22/h7-10,15-16,19,21,24,27H,4-6,11-14H2,1-3H3. The maximum Gasteiger partial charge on any atom is 0.0897 e. The van der Waals surface area contributed by atoms with Gasteiger partial charge in [-0.15, -0.1) is 0 Å². The summed E-state index contributed by atoms with van der Waals surface area (Å²) in [6.45, 7) is 4.42. The lowest BCUT2D eigenvalue weighted by Crippen LogP contribution is -2.41. The van der Waals surface area contributed by atoms with E-state index in [0.29, 0.717) is 18.0 Å². The van der Waals surface area contributed by atoms with Crippen LogP contribution in [-0.4, -0.2) is 20.9 Å². The summed E-state index contributed by atoms with van der Waals surface area (Å²) in [6, 6.07) is 9.52. The van der Waals surface area contributed by atoms with Crippen LogP contribution in [0.2, 0.25) is 0 Å². The number of hydrogen-bond acceptors (Lipinski definition) is 3. The van der Waals surface area contributed by atoms with Crippen LogP contribution in [0.15, 0.2) is 30.5 Å². The van der Waals surface area contributed by atoms with Crippen molar-refractivity contribution in [3.8, 4) is 0 Å². The molecule has 2 aliphatic rings. The van der Waals surface area contributed by atoms with Gasteiger partial charge in [0.05, 0.1) is 11.3 Å². The highest BCUT2D eigenvalue weighted by molar-refractivity contribution is 5.29. The van der Waals surface area contributed by atoms with Crippen molar-refractivity contribution in [2.24, 2.45) is 7.05 Å². The minimum Gasteiger partial charge on any atom is -0.385 e. The topological polar surface area (TPSA) is 50.1 Å². The monoisotopic (exact) mass is 367 g/mol. The third-order valence-corrected chi connectivity index (χ3v) is 6.58. The Kier molecular flexibility index (Phi) is 5.13.